The number of halogens is 2. The maximum atomic E-state index is 13.6. The van der Waals surface area contributed by atoms with Gasteiger partial charge >= 0.3 is 0 Å². The summed E-state index contributed by atoms with van der Waals surface area (Å²) in [5.41, 5.74) is 0.297. The zero-order chi connectivity index (χ0) is 20.9. The van der Waals surface area contributed by atoms with E-state index in [-0.39, 0.29) is 17.1 Å². The van der Waals surface area contributed by atoms with Crippen LogP contribution in [0.3, 0.4) is 0 Å². The Morgan fingerprint density at radius 1 is 0.966 bits per heavy atom. The quantitative estimate of drug-likeness (QED) is 0.745. The van der Waals surface area contributed by atoms with E-state index in [2.05, 4.69) is 10.6 Å². The highest BCUT2D eigenvalue weighted by molar-refractivity contribution is 7.89. The number of rotatable bonds is 6. The highest BCUT2D eigenvalue weighted by Gasteiger charge is 2.24. The number of nitrogens with zero attached hydrogens (tertiary/aromatic N) is 1. The van der Waals surface area contributed by atoms with Crippen molar-refractivity contribution in [1.82, 2.24) is 4.31 Å². The summed E-state index contributed by atoms with van der Waals surface area (Å²) in [4.78, 5) is 12.2. The number of sulfonamides is 1. The van der Waals surface area contributed by atoms with E-state index in [1.54, 1.807) is 0 Å². The molecule has 2 aromatic rings. The number of carbonyl (C=O) groups excluding carboxylic acids is 1. The first-order valence-corrected chi connectivity index (χ1v) is 10.9. The van der Waals surface area contributed by atoms with Crippen LogP contribution in [0.2, 0.25) is 0 Å². The Bertz CT molecular complexity index is 957. The molecule has 0 aliphatic carbocycles. The van der Waals surface area contributed by atoms with E-state index in [1.807, 2.05) is 0 Å². The number of hydrogen-bond acceptors (Lipinski definition) is 4. The second kappa shape index (κ2) is 9.32. The van der Waals surface area contributed by atoms with Crippen LogP contribution in [0.5, 0.6) is 0 Å². The molecular formula is C20H23F2N3O3S. The normalized spacial score (nSPS) is 15.5. The van der Waals surface area contributed by atoms with Crippen LogP contribution in [0, 0.1) is 11.6 Å². The first kappa shape index (κ1) is 21.2. The van der Waals surface area contributed by atoms with Gasteiger partial charge < -0.3 is 10.6 Å². The Labute approximate surface area is 169 Å². The molecule has 1 fully saturated rings. The van der Waals surface area contributed by atoms with Gasteiger partial charge in [0.25, 0.3) is 0 Å². The van der Waals surface area contributed by atoms with Crippen molar-refractivity contribution >= 4 is 27.3 Å². The van der Waals surface area contributed by atoms with Crippen molar-refractivity contribution in [1.29, 1.82) is 0 Å². The molecule has 1 amide bonds. The Morgan fingerprint density at radius 3 is 2.28 bits per heavy atom. The SMILES string of the molecule is O=C(CNc1cc(F)ccc1F)Nc1ccc(S(=O)(=O)N2CCCCCC2)cc1. The lowest BCUT2D eigenvalue weighted by molar-refractivity contribution is -0.114. The zero-order valence-electron chi connectivity index (χ0n) is 15.8. The van der Waals surface area contributed by atoms with Crippen LogP contribution in [0.1, 0.15) is 25.7 Å². The molecule has 0 radical (unpaired) electrons. The van der Waals surface area contributed by atoms with Crippen molar-refractivity contribution in [3.63, 3.8) is 0 Å². The van der Waals surface area contributed by atoms with E-state index < -0.39 is 27.6 Å². The second-order valence-electron chi connectivity index (χ2n) is 6.87. The van der Waals surface area contributed by atoms with Crippen LogP contribution >= 0.6 is 0 Å². The predicted molar refractivity (Wildman–Crippen MR) is 107 cm³/mol. The van der Waals surface area contributed by atoms with Gasteiger partial charge in [-0.15, -0.1) is 0 Å². The van der Waals surface area contributed by atoms with E-state index in [0.29, 0.717) is 18.8 Å². The van der Waals surface area contributed by atoms with Crippen LogP contribution in [0.15, 0.2) is 47.4 Å². The Kier molecular flexibility index (Phi) is 6.81. The summed E-state index contributed by atoms with van der Waals surface area (Å²) >= 11 is 0. The highest BCUT2D eigenvalue weighted by atomic mass is 32.2. The Hall–Kier alpha value is -2.52. The molecule has 0 unspecified atom stereocenters. The minimum Gasteiger partial charge on any atom is -0.374 e. The van der Waals surface area contributed by atoms with Crippen molar-refractivity contribution < 1.29 is 22.0 Å². The molecule has 0 spiro atoms. The van der Waals surface area contributed by atoms with Gasteiger partial charge in [0.2, 0.25) is 15.9 Å². The van der Waals surface area contributed by atoms with Gasteiger partial charge in [0.05, 0.1) is 17.1 Å². The van der Waals surface area contributed by atoms with Crippen LogP contribution in [0.25, 0.3) is 0 Å². The lowest BCUT2D eigenvalue weighted by atomic mass is 10.2. The fraction of sp³-hybridized carbons (Fsp3) is 0.350. The molecule has 1 heterocycles. The number of carbonyl (C=O) groups is 1. The molecule has 1 aliphatic heterocycles. The standard InChI is InChI=1S/C20H23F2N3O3S/c21-15-5-10-18(22)19(13-15)23-14-20(26)24-16-6-8-17(9-7-16)29(27,28)25-11-3-1-2-4-12-25/h5-10,13,23H,1-4,11-12,14H2,(H,24,26). The van der Waals surface area contributed by atoms with Crippen LogP contribution in [-0.2, 0) is 14.8 Å². The summed E-state index contributed by atoms with van der Waals surface area (Å²) in [6.45, 7) is 0.764. The summed E-state index contributed by atoms with van der Waals surface area (Å²) in [7, 11) is -3.55. The number of nitrogens with one attached hydrogen (secondary N) is 2. The van der Waals surface area contributed by atoms with Crippen molar-refractivity contribution in [2.24, 2.45) is 0 Å². The molecule has 156 valence electrons. The van der Waals surface area contributed by atoms with Crippen LogP contribution < -0.4 is 10.6 Å². The van der Waals surface area contributed by atoms with Crippen molar-refractivity contribution in [3.05, 3.63) is 54.1 Å². The van der Waals surface area contributed by atoms with Crippen molar-refractivity contribution in [2.45, 2.75) is 30.6 Å². The zero-order valence-corrected chi connectivity index (χ0v) is 16.6. The monoisotopic (exact) mass is 423 g/mol. The first-order chi connectivity index (χ1) is 13.9. The third kappa shape index (κ3) is 5.51. The minimum absolute atomic E-state index is 0.112. The van der Waals surface area contributed by atoms with Gasteiger partial charge in [-0.25, -0.2) is 17.2 Å². The van der Waals surface area contributed by atoms with Crippen molar-refractivity contribution in [3.8, 4) is 0 Å². The molecule has 1 saturated heterocycles. The molecule has 0 bridgehead atoms. The smallest absolute Gasteiger partial charge is 0.243 e. The van der Waals surface area contributed by atoms with E-state index in [4.69, 9.17) is 0 Å². The number of benzene rings is 2. The number of hydrogen-bond donors (Lipinski definition) is 2. The highest BCUT2D eigenvalue weighted by Crippen LogP contribution is 2.22. The topological polar surface area (TPSA) is 78.5 Å². The molecule has 0 saturated carbocycles. The van der Waals surface area contributed by atoms with Crippen molar-refractivity contribution in [2.75, 3.05) is 30.3 Å². The molecule has 2 N–H and O–H groups in total. The summed E-state index contributed by atoms with van der Waals surface area (Å²) < 4.78 is 53.7. The van der Waals surface area contributed by atoms with Gasteiger partial charge in [0.1, 0.15) is 11.6 Å². The third-order valence-corrected chi connectivity index (χ3v) is 6.62. The van der Waals surface area contributed by atoms with E-state index in [9.17, 15) is 22.0 Å². The maximum Gasteiger partial charge on any atom is 0.243 e. The van der Waals surface area contributed by atoms with Gasteiger partial charge in [0, 0.05) is 18.8 Å². The maximum absolute atomic E-state index is 13.6. The molecular weight excluding hydrogens is 400 g/mol. The largest absolute Gasteiger partial charge is 0.374 e. The fourth-order valence-electron chi connectivity index (χ4n) is 3.15. The molecule has 6 nitrogen and oxygen atoms in total. The van der Waals surface area contributed by atoms with E-state index >= 15 is 0 Å². The third-order valence-electron chi connectivity index (χ3n) is 4.71. The number of amides is 1. The van der Waals surface area contributed by atoms with Gasteiger partial charge in [0.15, 0.2) is 0 Å². The molecule has 2 aromatic carbocycles. The predicted octanol–water partition coefficient (Wildman–Crippen LogP) is 3.58. The van der Waals surface area contributed by atoms with E-state index in [1.165, 1.54) is 28.6 Å². The summed E-state index contributed by atoms with van der Waals surface area (Å²) in [6, 6.07) is 8.84. The number of anilines is 2. The summed E-state index contributed by atoms with van der Waals surface area (Å²) in [5, 5.41) is 5.12. The molecule has 0 aromatic heterocycles. The molecule has 1 aliphatic rings. The molecule has 0 atom stereocenters. The van der Waals surface area contributed by atoms with Crippen LogP contribution in [0.4, 0.5) is 20.2 Å². The fourth-order valence-corrected chi connectivity index (χ4v) is 4.67. The van der Waals surface area contributed by atoms with Gasteiger partial charge in [-0.05, 0) is 55.3 Å². The lowest BCUT2D eigenvalue weighted by Crippen LogP contribution is -2.31. The second-order valence-corrected chi connectivity index (χ2v) is 8.81. The molecule has 29 heavy (non-hydrogen) atoms. The average molecular weight is 423 g/mol. The summed E-state index contributed by atoms with van der Waals surface area (Å²) in [5.74, 6) is -1.76. The lowest BCUT2D eigenvalue weighted by Gasteiger charge is -2.20. The first-order valence-electron chi connectivity index (χ1n) is 9.45. The molecule has 3 rings (SSSR count). The average Bonchev–Trinajstić information content (AvgIpc) is 2.99. The van der Waals surface area contributed by atoms with Gasteiger partial charge in [-0.1, -0.05) is 12.8 Å². The van der Waals surface area contributed by atoms with Gasteiger partial charge in [-0.3, -0.25) is 4.79 Å². The van der Waals surface area contributed by atoms with Gasteiger partial charge in [-0.2, -0.15) is 4.31 Å². The van der Waals surface area contributed by atoms with Crippen LogP contribution in [-0.4, -0.2) is 38.3 Å². The Balaban J connectivity index is 1.59. The summed E-state index contributed by atoms with van der Waals surface area (Å²) in [6.07, 6.45) is 3.77. The Morgan fingerprint density at radius 2 is 1.62 bits per heavy atom. The minimum atomic E-state index is -3.55. The van der Waals surface area contributed by atoms with E-state index in [0.717, 1.165) is 43.9 Å². The molecule has 9 heteroatoms.